The smallest absolute Gasteiger partial charge is 0.151 e. The Morgan fingerprint density at radius 2 is 2.00 bits per heavy atom. The summed E-state index contributed by atoms with van der Waals surface area (Å²) >= 11 is 5.70. The molecular weight excluding hydrogens is 224 g/mol. The topological polar surface area (TPSA) is 50.2 Å². The Morgan fingerprint density at radius 3 is 2.75 bits per heavy atom. The third-order valence-electron chi connectivity index (χ3n) is 1.83. The maximum atomic E-state index is 5.70. The Bertz CT molecular complexity index is 484. The van der Waals surface area contributed by atoms with Crippen molar-refractivity contribution in [2.45, 2.75) is 0 Å². The van der Waals surface area contributed by atoms with E-state index < -0.39 is 0 Å². The summed E-state index contributed by atoms with van der Waals surface area (Å²) in [6.45, 7) is 0. The molecule has 0 fully saturated rings. The van der Waals surface area contributed by atoms with E-state index in [0.717, 1.165) is 5.56 Å². The zero-order valence-corrected chi connectivity index (χ0v) is 9.09. The second-order valence-electron chi connectivity index (χ2n) is 3.01. The molecule has 5 heteroatoms. The van der Waals surface area contributed by atoms with Crippen molar-refractivity contribution in [1.29, 1.82) is 0 Å². The van der Waals surface area contributed by atoms with Crippen LogP contribution in [0, 0.1) is 0 Å². The van der Waals surface area contributed by atoms with Gasteiger partial charge in [0.15, 0.2) is 5.82 Å². The first-order valence-electron chi connectivity index (χ1n) is 4.66. The van der Waals surface area contributed by atoms with Crippen LogP contribution in [-0.2, 0) is 0 Å². The molecule has 16 heavy (non-hydrogen) atoms. The van der Waals surface area contributed by atoms with Gasteiger partial charge in [-0.3, -0.25) is 5.43 Å². The van der Waals surface area contributed by atoms with Crippen molar-refractivity contribution < 1.29 is 0 Å². The quantitative estimate of drug-likeness (QED) is 0.503. The van der Waals surface area contributed by atoms with Crippen LogP contribution in [-0.4, -0.2) is 16.2 Å². The molecule has 0 aliphatic heterocycles. The number of hydrogen-bond acceptors (Lipinski definition) is 4. The Hall–Kier alpha value is -1.94. The number of halogens is 1. The average Bonchev–Trinajstić information content (AvgIpc) is 2.30. The first-order chi connectivity index (χ1) is 7.84. The minimum absolute atomic E-state index is 0.382. The van der Waals surface area contributed by atoms with Crippen molar-refractivity contribution >= 4 is 23.6 Å². The van der Waals surface area contributed by atoms with Gasteiger partial charge in [0.05, 0.1) is 6.21 Å². The van der Waals surface area contributed by atoms with E-state index in [0.29, 0.717) is 11.0 Å². The fourth-order valence-corrected chi connectivity index (χ4v) is 1.25. The van der Waals surface area contributed by atoms with E-state index in [1.54, 1.807) is 12.3 Å². The molecule has 0 unspecified atom stereocenters. The first kappa shape index (κ1) is 10.6. The molecule has 0 saturated heterocycles. The summed E-state index contributed by atoms with van der Waals surface area (Å²) in [7, 11) is 0. The third kappa shape index (κ3) is 3.03. The highest BCUT2D eigenvalue weighted by molar-refractivity contribution is 6.29. The zero-order valence-electron chi connectivity index (χ0n) is 8.34. The molecule has 0 bridgehead atoms. The van der Waals surface area contributed by atoms with Gasteiger partial charge in [-0.05, 0) is 5.56 Å². The normalized spacial score (nSPS) is 10.6. The van der Waals surface area contributed by atoms with Gasteiger partial charge >= 0.3 is 0 Å². The monoisotopic (exact) mass is 232 g/mol. The maximum Gasteiger partial charge on any atom is 0.151 e. The van der Waals surface area contributed by atoms with Crippen molar-refractivity contribution in [3.63, 3.8) is 0 Å². The fourth-order valence-electron chi connectivity index (χ4n) is 1.11. The standard InChI is InChI=1S/C11H9ClN4/c12-10-6-11(14-8-13-10)16-15-7-9-4-2-1-3-5-9/h1-8H,(H,13,14,16)/b15-7+. The molecule has 0 atom stereocenters. The number of benzene rings is 1. The lowest BCUT2D eigenvalue weighted by atomic mass is 10.2. The summed E-state index contributed by atoms with van der Waals surface area (Å²) in [4.78, 5) is 7.72. The lowest BCUT2D eigenvalue weighted by Gasteiger charge is -1.98. The number of hydrogen-bond donors (Lipinski definition) is 1. The lowest BCUT2D eigenvalue weighted by molar-refractivity contribution is 1.14. The highest BCUT2D eigenvalue weighted by atomic mass is 35.5. The molecular formula is C11H9ClN4. The summed E-state index contributed by atoms with van der Waals surface area (Å²) in [5, 5.41) is 4.41. The highest BCUT2D eigenvalue weighted by Gasteiger charge is 1.92. The summed E-state index contributed by atoms with van der Waals surface area (Å²) < 4.78 is 0. The Kier molecular flexibility index (Phi) is 3.46. The number of nitrogens with zero attached hydrogens (tertiary/aromatic N) is 3. The van der Waals surface area contributed by atoms with Gasteiger partial charge in [-0.15, -0.1) is 0 Å². The SMILES string of the molecule is Clc1cc(N/N=C/c2ccccc2)ncn1. The predicted molar refractivity (Wildman–Crippen MR) is 64.7 cm³/mol. The van der Waals surface area contributed by atoms with Gasteiger partial charge in [0, 0.05) is 6.07 Å². The number of rotatable bonds is 3. The van der Waals surface area contributed by atoms with E-state index >= 15 is 0 Å². The molecule has 0 amide bonds. The Balaban J connectivity index is 2.00. The van der Waals surface area contributed by atoms with Crippen LogP contribution in [0.2, 0.25) is 5.15 Å². The Morgan fingerprint density at radius 1 is 1.19 bits per heavy atom. The molecule has 0 aliphatic carbocycles. The van der Waals surface area contributed by atoms with Gasteiger partial charge in [-0.2, -0.15) is 5.10 Å². The molecule has 1 N–H and O–H groups in total. The van der Waals surface area contributed by atoms with Gasteiger partial charge in [-0.1, -0.05) is 41.9 Å². The number of nitrogens with one attached hydrogen (secondary N) is 1. The zero-order chi connectivity index (χ0) is 11.2. The van der Waals surface area contributed by atoms with E-state index in [2.05, 4.69) is 20.5 Å². The summed E-state index contributed by atoms with van der Waals surface area (Å²) in [5.74, 6) is 0.562. The molecule has 0 saturated carbocycles. The molecule has 4 nitrogen and oxygen atoms in total. The summed E-state index contributed by atoms with van der Waals surface area (Å²) in [6, 6.07) is 11.4. The van der Waals surface area contributed by atoms with Crippen molar-refractivity contribution in [3.8, 4) is 0 Å². The van der Waals surface area contributed by atoms with Gasteiger partial charge < -0.3 is 0 Å². The molecule has 0 radical (unpaired) electrons. The van der Waals surface area contributed by atoms with Crippen LogP contribution in [0.3, 0.4) is 0 Å². The predicted octanol–water partition coefficient (Wildman–Crippen LogP) is 2.58. The van der Waals surface area contributed by atoms with Crippen LogP contribution in [0.5, 0.6) is 0 Å². The van der Waals surface area contributed by atoms with Crippen molar-refractivity contribution in [2.24, 2.45) is 5.10 Å². The van der Waals surface area contributed by atoms with Gasteiger partial charge in [-0.25, -0.2) is 9.97 Å². The van der Waals surface area contributed by atoms with Gasteiger partial charge in [0.25, 0.3) is 0 Å². The number of hydrazone groups is 1. The van der Waals surface area contributed by atoms with E-state index in [1.165, 1.54) is 6.33 Å². The first-order valence-corrected chi connectivity index (χ1v) is 5.04. The molecule has 2 aromatic rings. The van der Waals surface area contributed by atoms with Crippen molar-refractivity contribution in [3.05, 3.63) is 53.4 Å². The van der Waals surface area contributed by atoms with Crippen molar-refractivity contribution in [2.75, 3.05) is 5.43 Å². The number of anilines is 1. The molecule has 80 valence electrons. The largest absolute Gasteiger partial charge is 0.261 e. The molecule has 1 heterocycles. The molecule has 1 aromatic heterocycles. The summed E-state index contributed by atoms with van der Waals surface area (Å²) in [6.07, 6.45) is 3.08. The van der Waals surface area contributed by atoms with Crippen molar-refractivity contribution in [1.82, 2.24) is 9.97 Å². The third-order valence-corrected chi connectivity index (χ3v) is 2.03. The minimum Gasteiger partial charge on any atom is -0.261 e. The van der Waals surface area contributed by atoms with Crippen LogP contribution in [0.1, 0.15) is 5.56 Å². The second-order valence-corrected chi connectivity index (χ2v) is 3.39. The van der Waals surface area contributed by atoms with E-state index in [9.17, 15) is 0 Å². The highest BCUT2D eigenvalue weighted by Crippen LogP contribution is 2.08. The van der Waals surface area contributed by atoms with Crippen LogP contribution in [0.15, 0.2) is 47.8 Å². The van der Waals surface area contributed by atoms with Gasteiger partial charge in [0.1, 0.15) is 11.5 Å². The van der Waals surface area contributed by atoms with Gasteiger partial charge in [0.2, 0.25) is 0 Å². The minimum atomic E-state index is 0.382. The molecule has 1 aromatic carbocycles. The summed E-state index contributed by atoms with van der Waals surface area (Å²) in [5.41, 5.74) is 3.78. The lowest BCUT2D eigenvalue weighted by Crippen LogP contribution is -1.93. The van der Waals surface area contributed by atoms with E-state index in [1.807, 2.05) is 30.3 Å². The maximum absolute atomic E-state index is 5.70. The van der Waals surface area contributed by atoms with Crippen LogP contribution >= 0.6 is 11.6 Å². The van der Waals surface area contributed by atoms with E-state index in [4.69, 9.17) is 11.6 Å². The number of aromatic nitrogens is 2. The Labute approximate surface area is 98.0 Å². The van der Waals surface area contributed by atoms with Crippen LogP contribution in [0.4, 0.5) is 5.82 Å². The molecule has 0 spiro atoms. The second kappa shape index (κ2) is 5.23. The van der Waals surface area contributed by atoms with Crippen LogP contribution in [0.25, 0.3) is 0 Å². The fraction of sp³-hybridized carbons (Fsp3) is 0. The average molecular weight is 233 g/mol. The molecule has 2 rings (SSSR count). The van der Waals surface area contributed by atoms with Crippen LogP contribution < -0.4 is 5.43 Å². The van der Waals surface area contributed by atoms with E-state index in [-0.39, 0.29) is 0 Å². The molecule has 0 aliphatic rings.